The molecule has 0 spiro atoms. The number of carbonyl (C=O) groups is 1. The van der Waals surface area contributed by atoms with Crippen LogP contribution in [0.4, 0.5) is 16.0 Å². The van der Waals surface area contributed by atoms with E-state index in [0.29, 0.717) is 10.3 Å². The number of nitrogens with zero attached hydrogens (tertiary/aromatic N) is 2. The van der Waals surface area contributed by atoms with Crippen LogP contribution in [0.5, 0.6) is 0 Å². The number of nitrogens with two attached hydrogens (primary N) is 1. The topological polar surface area (TPSA) is 80.9 Å². The van der Waals surface area contributed by atoms with Gasteiger partial charge < -0.3 is 11.1 Å². The minimum absolute atomic E-state index is 0.181. The van der Waals surface area contributed by atoms with Crippen LogP contribution < -0.4 is 11.1 Å². The summed E-state index contributed by atoms with van der Waals surface area (Å²) in [5, 5.41) is 2.47. The van der Waals surface area contributed by atoms with Crippen molar-refractivity contribution in [1.82, 2.24) is 9.97 Å². The SMILES string of the molecule is Nc1nccc(C(=O)Nc2ncccc2Br)c1F. The highest BCUT2D eigenvalue weighted by molar-refractivity contribution is 9.10. The van der Waals surface area contributed by atoms with Crippen LogP contribution in [0.15, 0.2) is 35.1 Å². The number of nitrogens with one attached hydrogen (secondary N) is 1. The molecule has 0 atom stereocenters. The Morgan fingerprint density at radius 3 is 2.83 bits per heavy atom. The number of halogens is 2. The molecule has 3 N–H and O–H groups in total. The highest BCUT2D eigenvalue weighted by Crippen LogP contribution is 2.20. The molecule has 1 amide bonds. The first-order chi connectivity index (χ1) is 8.59. The van der Waals surface area contributed by atoms with Crippen molar-refractivity contribution in [3.05, 3.63) is 46.4 Å². The predicted molar refractivity (Wildman–Crippen MR) is 68.5 cm³/mol. The molecule has 2 aromatic rings. The van der Waals surface area contributed by atoms with Gasteiger partial charge in [0.15, 0.2) is 11.6 Å². The maximum absolute atomic E-state index is 13.6. The lowest BCUT2D eigenvalue weighted by Gasteiger charge is -2.07. The Hall–Kier alpha value is -2.02. The molecular weight excluding hydrogens is 303 g/mol. The van der Waals surface area contributed by atoms with Crippen molar-refractivity contribution in [3.63, 3.8) is 0 Å². The zero-order valence-electron chi connectivity index (χ0n) is 9.02. The van der Waals surface area contributed by atoms with Crippen LogP contribution in [-0.2, 0) is 0 Å². The lowest BCUT2D eigenvalue weighted by Crippen LogP contribution is -2.16. The largest absolute Gasteiger partial charge is 0.381 e. The Morgan fingerprint density at radius 1 is 1.33 bits per heavy atom. The summed E-state index contributed by atoms with van der Waals surface area (Å²) in [7, 11) is 0. The number of hydrogen-bond donors (Lipinski definition) is 2. The lowest BCUT2D eigenvalue weighted by molar-refractivity contribution is 0.102. The average molecular weight is 311 g/mol. The van der Waals surface area contributed by atoms with Gasteiger partial charge >= 0.3 is 0 Å². The molecule has 0 saturated heterocycles. The molecule has 0 bridgehead atoms. The van der Waals surface area contributed by atoms with Crippen LogP contribution in [0.25, 0.3) is 0 Å². The molecule has 0 aliphatic heterocycles. The number of pyridine rings is 2. The maximum Gasteiger partial charge on any atom is 0.260 e. The standard InChI is InChI=1S/C11H8BrFN4O/c12-7-2-1-4-16-10(7)17-11(18)6-3-5-15-9(14)8(6)13/h1-5H,(H2,14,15)(H,16,17,18). The molecule has 92 valence electrons. The zero-order valence-corrected chi connectivity index (χ0v) is 10.6. The first-order valence-electron chi connectivity index (χ1n) is 4.91. The summed E-state index contributed by atoms with van der Waals surface area (Å²) in [5.41, 5.74) is 5.11. The fraction of sp³-hybridized carbons (Fsp3) is 0. The molecule has 7 heteroatoms. The van der Waals surface area contributed by atoms with Gasteiger partial charge in [-0.05, 0) is 34.1 Å². The van der Waals surface area contributed by atoms with Gasteiger partial charge in [-0.15, -0.1) is 0 Å². The summed E-state index contributed by atoms with van der Waals surface area (Å²) in [6, 6.07) is 4.66. The van der Waals surface area contributed by atoms with E-state index in [1.165, 1.54) is 18.5 Å². The Balaban J connectivity index is 2.28. The summed E-state index contributed by atoms with van der Waals surface area (Å²) in [6.45, 7) is 0. The molecule has 0 unspecified atom stereocenters. The Morgan fingerprint density at radius 2 is 2.11 bits per heavy atom. The lowest BCUT2D eigenvalue weighted by atomic mass is 10.2. The van der Waals surface area contributed by atoms with Crippen LogP contribution in [0.2, 0.25) is 0 Å². The second-order valence-electron chi connectivity index (χ2n) is 3.35. The minimum Gasteiger partial charge on any atom is -0.381 e. The highest BCUT2D eigenvalue weighted by atomic mass is 79.9. The summed E-state index contributed by atoms with van der Waals surface area (Å²) in [6.07, 6.45) is 2.78. The van der Waals surface area contributed by atoms with E-state index in [2.05, 4.69) is 31.2 Å². The Labute approximate surface area is 110 Å². The summed E-state index contributed by atoms with van der Waals surface area (Å²) in [4.78, 5) is 19.3. The van der Waals surface area contributed by atoms with E-state index < -0.39 is 11.7 Å². The van der Waals surface area contributed by atoms with Crippen molar-refractivity contribution >= 4 is 33.5 Å². The molecule has 2 aromatic heterocycles. The van der Waals surface area contributed by atoms with Gasteiger partial charge in [0.05, 0.1) is 10.0 Å². The van der Waals surface area contributed by atoms with Gasteiger partial charge in [-0.2, -0.15) is 0 Å². The summed E-state index contributed by atoms with van der Waals surface area (Å²) >= 11 is 3.22. The smallest absolute Gasteiger partial charge is 0.260 e. The first-order valence-corrected chi connectivity index (χ1v) is 5.70. The molecule has 2 rings (SSSR count). The van der Waals surface area contributed by atoms with Crippen molar-refractivity contribution in [2.45, 2.75) is 0 Å². The molecule has 18 heavy (non-hydrogen) atoms. The third-order valence-corrected chi connectivity index (χ3v) is 2.79. The van der Waals surface area contributed by atoms with E-state index in [9.17, 15) is 9.18 Å². The molecular formula is C11H8BrFN4O. The van der Waals surface area contributed by atoms with E-state index in [0.717, 1.165) is 0 Å². The Bertz CT molecular complexity index is 605. The molecule has 5 nitrogen and oxygen atoms in total. The van der Waals surface area contributed by atoms with Gasteiger partial charge in [-0.25, -0.2) is 14.4 Å². The van der Waals surface area contributed by atoms with Crippen molar-refractivity contribution in [2.24, 2.45) is 0 Å². The van der Waals surface area contributed by atoms with Gasteiger partial charge in [0.25, 0.3) is 5.91 Å². The van der Waals surface area contributed by atoms with Gasteiger partial charge in [-0.3, -0.25) is 4.79 Å². The molecule has 0 fully saturated rings. The van der Waals surface area contributed by atoms with Crippen LogP contribution >= 0.6 is 15.9 Å². The number of rotatable bonds is 2. The van der Waals surface area contributed by atoms with Crippen LogP contribution in [0.3, 0.4) is 0 Å². The third-order valence-electron chi connectivity index (χ3n) is 2.15. The predicted octanol–water partition coefficient (Wildman–Crippen LogP) is 2.21. The van der Waals surface area contributed by atoms with Crippen LogP contribution in [-0.4, -0.2) is 15.9 Å². The molecule has 0 aliphatic rings. The van der Waals surface area contributed by atoms with E-state index in [-0.39, 0.29) is 11.4 Å². The molecule has 0 aromatic carbocycles. The quantitative estimate of drug-likeness (QED) is 0.891. The number of anilines is 2. The van der Waals surface area contributed by atoms with Gasteiger partial charge in [0.1, 0.15) is 5.82 Å². The Kier molecular flexibility index (Phi) is 3.52. The van der Waals surface area contributed by atoms with Gasteiger partial charge in [0, 0.05) is 12.4 Å². The maximum atomic E-state index is 13.6. The van der Waals surface area contributed by atoms with Crippen molar-refractivity contribution < 1.29 is 9.18 Å². The third kappa shape index (κ3) is 2.45. The van der Waals surface area contributed by atoms with E-state index in [4.69, 9.17) is 5.73 Å². The van der Waals surface area contributed by atoms with Crippen molar-refractivity contribution in [3.8, 4) is 0 Å². The number of amides is 1. The molecule has 0 saturated carbocycles. The van der Waals surface area contributed by atoms with Crippen LogP contribution in [0.1, 0.15) is 10.4 Å². The fourth-order valence-corrected chi connectivity index (χ4v) is 1.64. The second-order valence-corrected chi connectivity index (χ2v) is 4.20. The molecule has 0 aliphatic carbocycles. The molecule has 2 heterocycles. The van der Waals surface area contributed by atoms with Crippen molar-refractivity contribution in [1.29, 1.82) is 0 Å². The first kappa shape index (κ1) is 12.4. The van der Waals surface area contributed by atoms with Crippen LogP contribution in [0, 0.1) is 5.82 Å². The van der Waals surface area contributed by atoms with E-state index in [1.54, 1.807) is 12.1 Å². The number of nitrogen functional groups attached to an aromatic ring is 1. The number of carbonyl (C=O) groups excluding carboxylic acids is 1. The fourth-order valence-electron chi connectivity index (χ4n) is 1.29. The van der Waals surface area contributed by atoms with E-state index in [1.807, 2.05) is 0 Å². The number of aromatic nitrogens is 2. The normalized spacial score (nSPS) is 10.1. The summed E-state index contributed by atoms with van der Waals surface area (Å²) < 4.78 is 14.2. The summed E-state index contributed by atoms with van der Waals surface area (Å²) in [5.74, 6) is -1.50. The van der Waals surface area contributed by atoms with Gasteiger partial charge in [0.2, 0.25) is 0 Å². The highest BCUT2D eigenvalue weighted by Gasteiger charge is 2.15. The second kappa shape index (κ2) is 5.09. The average Bonchev–Trinajstić information content (AvgIpc) is 2.35. The van der Waals surface area contributed by atoms with E-state index >= 15 is 0 Å². The monoisotopic (exact) mass is 310 g/mol. The van der Waals surface area contributed by atoms with Gasteiger partial charge in [-0.1, -0.05) is 0 Å². The zero-order chi connectivity index (χ0) is 13.1. The molecule has 0 radical (unpaired) electrons. The van der Waals surface area contributed by atoms with Crippen molar-refractivity contribution in [2.75, 3.05) is 11.1 Å². The number of hydrogen-bond acceptors (Lipinski definition) is 4. The minimum atomic E-state index is -0.845.